The molecule has 6 nitrogen and oxygen atoms in total. The van der Waals surface area contributed by atoms with Gasteiger partial charge in [-0.1, -0.05) is 0 Å². The number of esters is 1. The number of halogens is 3. The third-order valence-corrected chi connectivity index (χ3v) is 2.83. The molecule has 1 fully saturated rings. The lowest BCUT2D eigenvalue weighted by molar-refractivity contribution is -0.191. The molecule has 1 aliphatic heterocycles. The smallest absolute Gasteiger partial charge is 0.420 e. The normalized spacial score (nSPS) is 23.5. The summed E-state index contributed by atoms with van der Waals surface area (Å²) in [6, 6.07) is -1.12. The first-order valence-electron chi connectivity index (χ1n) is 5.41. The fourth-order valence-electron chi connectivity index (χ4n) is 1.58. The van der Waals surface area contributed by atoms with E-state index in [1.54, 1.807) is 5.32 Å². The summed E-state index contributed by atoms with van der Waals surface area (Å²) in [6.45, 7) is 0.332. The molecule has 0 aromatic carbocycles. The number of carbonyl (C=O) groups is 3. The van der Waals surface area contributed by atoms with Crippen molar-refractivity contribution in [3.63, 3.8) is 0 Å². The number of carbonyl (C=O) groups excluding carboxylic acids is 3. The van der Waals surface area contributed by atoms with E-state index in [1.165, 1.54) is 0 Å². The van der Waals surface area contributed by atoms with Gasteiger partial charge in [0, 0.05) is 13.0 Å². The minimum absolute atomic E-state index is 0.0414. The Morgan fingerprint density at radius 1 is 1.42 bits per heavy atom. The summed E-state index contributed by atoms with van der Waals surface area (Å²) >= 11 is 0. The minimum Gasteiger partial charge on any atom is -0.469 e. The largest absolute Gasteiger partial charge is 0.469 e. The van der Waals surface area contributed by atoms with Crippen molar-refractivity contribution in [1.29, 1.82) is 0 Å². The number of hydrogen-bond acceptors (Lipinski definition) is 4. The molecule has 0 bridgehead atoms. The van der Waals surface area contributed by atoms with Gasteiger partial charge < -0.3 is 10.1 Å². The summed E-state index contributed by atoms with van der Waals surface area (Å²) in [4.78, 5) is 34.3. The van der Waals surface area contributed by atoms with Gasteiger partial charge in [-0.25, -0.2) is 4.79 Å². The van der Waals surface area contributed by atoms with E-state index < -0.39 is 29.6 Å². The molecular formula is C10H13F3N2O4. The van der Waals surface area contributed by atoms with E-state index in [2.05, 4.69) is 4.74 Å². The number of imide groups is 1. The van der Waals surface area contributed by atoms with Crippen LogP contribution in [-0.2, 0) is 14.3 Å². The number of amides is 3. The van der Waals surface area contributed by atoms with Gasteiger partial charge in [-0.3, -0.25) is 14.5 Å². The first-order valence-corrected chi connectivity index (χ1v) is 5.41. The minimum atomic E-state index is -4.88. The Morgan fingerprint density at radius 3 is 2.42 bits per heavy atom. The molecule has 1 unspecified atom stereocenters. The number of ether oxygens (including phenoxy) is 1. The van der Waals surface area contributed by atoms with Gasteiger partial charge in [-0.2, -0.15) is 13.2 Å². The standard InChI is InChI=1S/C10H13F3N2O4/c1-9(10(11,12)13)7(17)15(8(18)14-9)5-3-4-6(16)19-2/h3-5H2,1-2H3,(H,14,18). The average molecular weight is 282 g/mol. The van der Waals surface area contributed by atoms with Crippen LogP contribution in [0.5, 0.6) is 0 Å². The number of nitrogens with one attached hydrogen (secondary N) is 1. The fraction of sp³-hybridized carbons (Fsp3) is 0.700. The topological polar surface area (TPSA) is 75.7 Å². The lowest BCUT2D eigenvalue weighted by Crippen LogP contribution is -2.56. The molecule has 0 saturated carbocycles. The van der Waals surface area contributed by atoms with Crippen LogP contribution < -0.4 is 5.32 Å². The second kappa shape index (κ2) is 5.06. The van der Waals surface area contributed by atoms with Crippen LogP contribution in [0, 0.1) is 0 Å². The van der Waals surface area contributed by atoms with E-state index in [0.29, 0.717) is 11.8 Å². The zero-order valence-electron chi connectivity index (χ0n) is 10.3. The van der Waals surface area contributed by atoms with E-state index in [-0.39, 0.29) is 19.4 Å². The van der Waals surface area contributed by atoms with Gasteiger partial charge in [0.25, 0.3) is 5.91 Å². The molecule has 19 heavy (non-hydrogen) atoms. The summed E-state index contributed by atoms with van der Waals surface area (Å²) < 4.78 is 42.5. The van der Waals surface area contributed by atoms with Crippen LogP contribution in [0.15, 0.2) is 0 Å². The third kappa shape index (κ3) is 2.79. The maximum atomic E-state index is 12.7. The van der Waals surface area contributed by atoms with Crippen molar-refractivity contribution in [2.45, 2.75) is 31.5 Å². The Labute approximate surface area is 106 Å². The Morgan fingerprint density at radius 2 is 2.00 bits per heavy atom. The highest BCUT2D eigenvalue weighted by molar-refractivity contribution is 6.07. The van der Waals surface area contributed by atoms with Crippen molar-refractivity contribution in [3.05, 3.63) is 0 Å². The summed E-state index contributed by atoms with van der Waals surface area (Å²) in [5.74, 6) is -1.93. The van der Waals surface area contributed by atoms with Crippen LogP contribution >= 0.6 is 0 Å². The number of alkyl halides is 3. The molecule has 1 N–H and O–H groups in total. The Kier molecular flexibility index (Phi) is 4.06. The predicted molar refractivity (Wildman–Crippen MR) is 56.0 cm³/mol. The van der Waals surface area contributed by atoms with Gasteiger partial charge in [-0.05, 0) is 13.3 Å². The Bertz CT molecular complexity index is 410. The Hall–Kier alpha value is -1.80. The van der Waals surface area contributed by atoms with Gasteiger partial charge >= 0.3 is 18.2 Å². The predicted octanol–water partition coefficient (Wildman–Crippen LogP) is 0.812. The van der Waals surface area contributed by atoms with Crippen molar-refractivity contribution >= 4 is 17.9 Å². The number of hydrogen-bond donors (Lipinski definition) is 1. The molecule has 108 valence electrons. The summed E-state index contributed by atoms with van der Waals surface area (Å²) in [5.41, 5.74) is -2.91. The molecule has 1 saturated heterocycles. The van der Waals surface area contributed by atoms with E-state index in [9.17, 15) is 27.6 Å². The number of methoxy groups -OCH3 is 1. The highest BCUT2D eigenvalue weighted by atomic mass is 19.4. The van der Waals surface area contributed by atoms with Gasteiger partial charge in [-0.15, -0.1) is 0 Å². The monoisotopic (exact) mass is 282 g/mol. The number of nitrogens with zero attached hydrogens (tertiary/aromatic N) is 1. The van der Waals surface area contributed by atoms with E-state index >= 15 is 0 Å². The summed E-state index contributed by atoms with van der Waals surface area (Å²) in [7, 11) is 1.16. The molecule has 1 aliphatic rings. The molecule has 0 aliphatic carbocycles. The molecule has 3 amide bonds. The molecule has 1 rings (SSSR count). The fourth-order valence-corrected chi connectivity index (χ4v) is 1.58. The third-order valence-electron chi connectivity index (χ3n) is 2.83. The first-order chi connectivity index (χ1) is 8.63. The van der Waals surface area contributed by atoms with Crippen molar-refractivity contribution in [2.75, 3.05) is 13.7 Å². The van der Waals surface area contributed by atoms with Crippen molar-refractivity contribution in [2.24, 2.45) is 0 Å². The van der Waals surface area contributed by atoms with Gasteiger partial charge in [0.15, 0.2) is 0 Å². The molecule has 9 heteroatoms. The second-order valence-electron chi connectivity index (χ2n) is 4.19. The molecule has 0 aromatic heterocycles. The van der Waals surface area contributed by atoms with Gasteiger partial charge in [0.05, 0.1) is 7.11 Å². The van der Waals surface area contributed by atoms with Crippen LogP contribution in [0.1, 0.15) is 19.8 Å². The summed E-state index contributed by atoms with van der Waals surface area (Å²) in [5, 5.41) is 1.62. The lowest BCUT2D eigenvalue weighted by atomic mass is 10.0. The van der Waals surface area contributed by atoms with Crippen molar-refractivity contribution in [1.82, 2.24) is 10.2 Å². The maximum absolute atomic E-state index is 12.7. The molecular weight excluding hydrogens is 269 g/mol. The SMILES string of the molecule is COC(=O)CCCN1C(=O)NC(C)(C(F)(F)F)C1=O. The Balaban J connectivity index is 2.70. The second-order valence-corrected chi connectivity index (χ2v) is 4.19. The first kappa shape index (κ1) is 15.3. The van der Waals surface area contributed by atoms with E-state index in [1.807, 2.05) is 0 Å². The highest BCUT2D eigenvalue weighted by Crippen LogP contribution is 2.35. The van der Waals surface area contributed by atoms with Gasteiger partial charge in [0.1, 0.15) is 0 Å². The zero-order chi connectivity index (χ0) is 14.8. The van der Waals surface area contributed by atoms with Crippen LogP contribution in [0.2, 0.25) is 0 Å². The average Bonchev–Trinajstić information content (AvgIpc) is 2.52. The van der Waals surface area contributed by atoms with Crippen LogP contribution in [0.4, 0.5) is 18.0 Å². The van der Waals surface area contributed by atoms with Crippen molar-refractivity contribution < 1.29 is 32.3 Å². The lowest BCUT2D eigenvalue weighted by Gasteiger charge is -2.24. The number of rotatable bonds is 4. The van der Waals surface area contributed by atoms with Crippen LogP contribution in [0.3, 0.4) is 0 Å². The molecule has 0 radical (unpaired) electrons. The molecule has 1 heterocycles. The highest BCUT2D eigenvalue weighted by Gasteiger charge is 2.64. The van der Waals surface area contributed by atoms with Gasteiger partial charge in [0.2, 0.25) is 5.54 Å². The number of urea groups is 1. The van der Waals surface area contributed by atoms with E-state index in [4.69, 9.17) is 0 Å². The molecule has 1 atom stereocenters. The maximum Gasteiger partial charge on any atom is 0.420 e. The quantitative estimate of drug-likeness (QED) is 0.611. The molecule has 0 spiro atoms. The van der Waals surface area contributed by atoms with Crippen molar-refractivity contribution in [3.8, 4) is 0 Å². The summed E-state index contributed by atoms with van der Waals surface area (Å²) in [6.07, 6.45) is -4.92. The van der Waals surface area contributed by atoms with E-state index in [0.717, 1.165) is 7.11 Å². The molecule has 0 aromatic rings. The van der Waals surface area contributed by atoms with Crippen LogP contribution in [0.25, 0.3) is 0 Å². The zero-order valence-corrected chi connectivity index (χ0v) is 10.3. The van der Waals surface area contributed by atoms with Crippen LogP contribution in [-0.4, -0.2) is 48.2 Å².